The van der Waals surface area contributed by atoms with Crippen molar-refractivity contribution in [2.24, 2.45) is 4.99 Å². The summed E-state index contributed by atoms with van der Waals surface area (Å²) in [7, 11) is 1.63. The molecular formula is C21H22N2O4S. The quantitative estimate of drug-likeness (QED) is 0.782. The molecule has 2 heterocycles. The van der Waals surface area contributed by atoms with Crippen molar-refractivity contribution in [1.82, 2.24) is 4.90 Å². The molecule has 2 aromatic carbocycles. The fourth-order valence-corrected chi connectivity index (χ4v) is 4.47. The van der Waals surface area contributed by atoms with E-state index in [4.69, 9.17) is 19.2 Å². The molecule has 2 aromatic rings. The normalized spacial score (nSPS) is 22.4. The Hall–Kier alpha value is -2.67. The van der Waals surface area contributed by atoms with E-state index in [1.54, 1.807) is 23.8 Å². The lowest BCUT2D eigenvalue weighted by molar-refractivity contribution is -0.138. The van der Waals surface area contributed by atoms with Crippen LogP contribution in [0.15, 0.2) is 53.5 Å². The van der Waals surface area contributed by atoms with Gasteiger partial charge < -0.3 is 14.2 Å². The SMILES string of the molecule is CC[C@H]1CSC(=Nc2ccc(OC)cc2)N1C(=O)[C@@H]1COc2ccccc2O1. The number of methoxy groups -OCH3 is 1. The molecule has 28 heavy (non-hydrogen) atoms. The first-order valence-corrected chi connectivity index (χ1v) is 10.2. The Balaban J connectivity index is 1.57. The summed E-state index contributed by atoms with van der Waals surface area (Å²) in [4.78, 5) is 19.8. The van der Waals surface area contributed by atoms with E-state index in [0.29, 0.717) is 16.7 Å². The number of para-hydroxylation sites is 2. The van der Waals surface area contributed by atoms with E-state index in [2.05, 4.69) is 6.92 Å². The third kappa shape index (κ3) is 3.67. The molecule has 0 aliphatic carbocycles. The summed E-state index contributed by atoms with van der Waals surface area (Å²) >= 11 is 1.59. The number of hydrogen-bond acceptors (Lipinski definition) is 6. The average Bonchev–Trinajstić information content (AvgIpc) is 3.16. The zero-order valence-electron chi connectivity index (χ0n) is 15.8. The lowest BCUT2D eigenvalue weighted by atomic mass is 10.2. The second-order valence-corrected chi connectivity index (χ2v) is 7.53. The molecule has 4 rings (SSSR count). The lowest BCUT2D eigenvalue weighted by Gasteiger charge is -2.31. The topological polar surface area (TPSA) is 60.4 Å². The van der Waals surface area contributed by atoms with Gasteiger partial charge in [0, 0.05) is 11.8 Å². The summed E-state index contributed by atoms with van der Waals surface area (Å²) < 4.78 is 16.9. The minimum absolute atomic E-state index is 0.0928. The van der Waals surface area contributed by atoms with Gasteiger partial charge >= 0.3 is 0 Å². The first-order valence-electron chi connectivity index (χ1n) is 9.26. The number of aliphatic imine (C=N–C) groups is 1. The molecule has 2 atom stereocenters. The van der Waals surface area contributed by atoms with Crippen molar-refractivity contribution in [2.45, 2.75) is 25.5 Å². The predicted molar refractivity (Wildman–Crippen MR) is 110 cm³/mol. The zero-order valence-corrected chi connectivity index (χ0v) is 16.6. The van der Waals surface area contributed by atoms with Gasteiger partial charge in [0.2, 0.25) is 6.10 Å². The molecule has 0 bridgehead atoms. The molecule has 146 valence electrons. The van der Waals surface area contributed by atoms with Gasteiger partial charge in [-0.3, -0.25) is 9.69 Å². The summed E-state index contributed by atoms with van der Waals surface area (Å²) in [5, 5.41) is 0.699. The molecule has 1 fully saturated rings. The second kappa shape index (κ2) is 8.14. The van der Waals surface area contributed by atoms with Crippen molar-refractivity contribution in [3.05, 3.63) is 48.5 Å². The molecule has 1 amide bonds. The van der Waals surface area contributed by atoms with Crippen LogP contribution in [0.25, 0.3) is 0 Å². The highest BCUT2D eigenvalue weighted by Gasteiger charge is 2.40. The van der Waals surface area contributed by atoms with E-state index < -0.39 is 6.10 Å². The van der Waals surface area contributed by atoms with Gasteiger partial charge in [0.05, 0.1) is 12.8 Å². The van der Waals surface area contributed by atoms with Gasteiger partial charge in [0.15, 0.2) is 16.7 Å². The van der Waals surface area contributed by atoms with Gasteiger partial charge in [0.1, 0.15) is 12.4 Å². The smallest absolute Gasteiger partial charge is 0.273 e. The van der Waals surface area contributed by atoms with Crippen molar-refractivity contribution < 1.29 is 19.0 Å². The molecule has 0 aromatic heterocycles. The maximum Gasteiger partial charge on any atom is 0.273 e. The molecule has 7 heteroatoms. The molecule has 2 aliphatic rings. The number of nitrogens with zero attached hydrogens (tertiary/aromatic N) is 2. The van der Waals surface area contributed by atoms with Crippen LogP contribution in [0.5, 0.6) is 17.2 Å². The molecule has 6 nitrogen and oxygen atoms in total. The van der Waals surface area contributed by atoms with Gasteiger partial charge in [-0.05, 0) is 42.8 Å². The van der Waals surface area contributed by atoms with Crippen LogP contribution in [0.3, 0.4) is 0 Å². The van der Waals surface area contributed by atoms with Crippen molar-refractivity contribution in [3.8, 4) is 17.2 Å². The minimum Gasteiger partial charge on any atom is -0.497 e. The van der Waals surface area contributed by atoms with Crippen molar-refractivity contribution in [2.75, 3.05) is 19.5 Å². The Morgan fingerprint density at radius 3 is 2.68 bits per heavy atom. The van der Waals surface area contributed by atoms with Crippen LogP contribution in [0.2, 0.25) is 0 Å². The number of fused-ring (bicyclic) bond motifs is 1. The number of benzene rings is 2. The fraction of sp³-hybridized carbons (Fsp3) is 0.333. The Kier molecular flexibility index (Phi) is 5.43. The summed E-state index contributed by atoms with van der Waals surface area (Å²) in [5.41, 5.74) is 0.781. The molecule has 1 saturated heterocycles. The van der Waals surface area contributed by atoms with Crippen LogP contribution in [0.4, 0.5) is 5.69 Å². The van der Waals surface area contributed by atoms with E-state index in [1.165, 1.54) is 0 Å². The van der Waals surface area contributed by atoms with Crippen LogP contribution in [-0.2, 0) is 4.79 Å². The van der Waals surface area contributed by atoms with E-state index in [9.17, 15) is 4.79 Å². The lowest BCUT2D eigenvalue weighted by Crippen LogP contribution is -2.49. The summed E-state index contributed by atoms with van der Waals surface area (Å²) in [6, 6.07) is 15.0. The third-order valence-corrected chi connectivity index (χ3v) is 5.86. The number of hydrogen-bond donors (Lipinski definition) is 0. The Bertz CT molecular complexity index is 884. The predicted octanol–water partition coefficient (Wildman–Crippen LogP) is 3.88. The molecule has 0 saturated carbocycles. The number of carbonyl (C=O) groups excluding carboxylic acids is 1. The van der Waals surface area contributed by atoms with Crippen LogP contribution >= 0.6 is 11.8 Å². The van der Waals surface area contributed by atoms with Crippen LogP contribution < -0.4 is 14.2 Å². The average molecular weight is 398 g/mol. The Morgan fingerprint density at radius 1 is 1.21 bits per heavy atom. The van der Waals surface area contributed by atoms with Crippen molar-refractivity contribution in [1.29, 1.82) is 0 Å². The van der Waals surface area contributed by atoms with Crippen molar-refractivity contribution in [3.63, 3.8) is 0 Å². The fourth-order valence-electron chi connectivity index (χ4n) is 3.20. The monoisotopic (exact) mass is 398 g/mol. The molecule has 0 unspecified atom stereocenters. The highest BCUT2D eigenvalue weighted by Crippen LogP contribution is 2.34. The van der Waals surface area contributed by atoms with Gasteiger partial charge in [-0.25, -0.2) is 4.99 Å². The van der Waals surface area contributed by atoms with E-state index in [1.807, 2.05) is 48.5 Å². The zero-order chi connectivity index (χ0) is 19.5. The number of amidine groups is 1. The van der Waals surface area contributed by atoms with E-state index in [-0.39, 0.29) is 18.6 Å². The molecule has 0 radical (unpaired) electrons. The van der Waals surface area contributed by atoms with Gasteiger partial charge in [-0.2, -0.15) is 0 Å². The highest BCUT2D eigenvalue weighted by atomic mass is 32.2. The van der Waals surface area contributed by atoms with E-state index in [0.717, 1.165) is 23.6 Å². The molecule has 2 aliphatic heterocycles. The number of rotatable bonds is 4. The molecule has 0 N–H and O–H groups in total. The standard InChI is InChI=1S/C21H22N2O4S/c1-3-15-13-28-21(22-14-8-10-16(25-2)11-9-14)23(15)20(24)19-12-26-17-6-4-5-7-18(17)27-19/h4-11,15,19H,3,12-13H2,1-2H3/t15-,19-/m0/s1. The van der Waals surface area contributed by atoms with Crippen LogP contribution in [0.1, 0.15) is 13.3 Å². The Labute approximate surface area is 168 Å². The highest BCUT2D eigenvalue weighted by molar-refractivity contribution is 8.14. The summed E-state index contributed by atoms with van der Waals surface area (Å²) in [5.74, 6) is 2.75. The maximum atomic E-state index is 13.3. The number of ether oxygens (including phenoxy) is 3. The Morgan fingerprint density at radius 2 is 1.96 bits per heavy atom. The largest absolute Gasteiger partial charge is 0.497 e. The number of carbonyl (C=O) groups is 1. The second-order valence-electron chi connectivity index (χ2n) is 6.54. The van der Waals surface area contributed by atoms with Gasteiger partial charge in [-0.1, -0.05) is 30.8 Å². The number of amides is 1. The first kappa shape index (κ1) is 18.7. The number of thioether (sulfide) groups is 1. The van der Waals surface area contributed by atoms with E-state index >= 15 is 0 Å². The summed E-state index contributed by atoms with van der Waals surface area (Å²) in [6.45, 7) is 2.28. The van der Waals surface area contributed by atoms with Gasteiger partial charge in [0.25, 0.3) is 5.91 Å². The van der Waals surface area contributed by atoms with Crippen LogP contribution in [-0.4, -0.2) is 47.6 Å². The first-order chi connectivity index (χ1) is 13.7. The maximum absolute atomic E-state index is 13.3. The van der Waals surface area contributed by atoms with Crippen LogP contribution in [0, 0.1) is 0 Å². The third-order valence-electron chi connectivity index (χ3n) is 4.77. The molecular weight excluding hydrogens is 376 g/mol. The van der Waals surface area contributed by atoms with Crippen molar-refractivity contribution >= 4 is 28.5 Å². The summed E-state index contributed by atoms with van der Waals surface area (Å²) in [6.07, 6.45) is 0.175. The molecule has 0 spiro atoms. The minimum atomic E-state index is -0.677. The van der Waals surface area contributed by atoms with Gasteiger partial charge in [-0.15, -0.1) is 0 Å².